The molecule has 1 aliphatic heterocycles. The third-order valence-corrected chi connectivity index (χ3v) is 5.03. The van der Waals surface area contributed by atoms with Crippen molar-refractivity contribution in [3.8, 4) is 5.75 Å². The molecule has 0 fully saturated rings. The summed E-state index contributed by atoms with van der Waals surface area (Å²) in [5, 5.41) is 0. The van der Waals surface area contributed by atoms with Crippen molar-refractivity contribution >= 4 is 23.0 Å². The van der Waals surface area contributed by atoms with Gasteiger partial charge in [-0.15, -0.1) is 11.3 Å². The Labute approximate surface area is 152 Å². The molecule has 0 bridgehead atoms. The molecule has 2 aromatic rings. The van der Waals surface area contributed by atoms with E-state index in [1.165, 1.54) is 4.88 Å². The zero-order chi connectivity index (χ0) is 17.6. The van der Waals surface area contributed by atoms with Gasteiger partial charge in [-0.25, -0.2) is 4.99 Å². The van der Waals surface area contributed by atoms with Gasteiger partial charge in [-0.1, -0.05) is 0 Å². The van der Waals surface area contributed by atoms with E-state index >= 15 is 0 Å². The zero-order valence-electron chi connectivity index (χ0n) is 14.7. The first-order chi connectivity index (χ1) is 12.1. The Morgan fingerprint density at radius 3 is 2.68 bits per heavy atom. The molecule has 0 saturated carbocycles. The highest BCUT2D eigenvalue weighted by atomic mass is 32.1. The Kier molecular flexibility index (Phi) is 5.87. The van der Waals surface area contributed by atoms with E-state index in [1.807, 2.05) is 50.2 Å². The number of nitrogens with zero attached hydrogens (tertiary/aromatic N) is 1. The molecule has 1 aromatic carbocycles. The summed E-state index contributed by atoms with van der Waals surface area (Å²) in [5.41, 5.74) is 0.980. The average Bonchev–Trinajstić information content (AvgIpc) is 3.23. The lowest BCUT2D eigenvalue weighted by Gasteiger charge is -2.08. The second-order valence-corrected chi connectivity index (χ2v) is 7.53. The largest absolute Gasteiger partial charge is 0.494 e. The van der Waals surface area contributed by atoms with Crippen molar-refractivity contribution in [2.75, 3.05) is 13.2 Å². The smallest absolute Gasteiger partial charge is 0.216 e. The zero-order valence-corrected chi connectivity index (χ0v) is 15.5. The van der Waals surface area contributed by atoms with Gasteiger partial charge in [-0.2, -0.15) is 0 Å². The van der Waals surface area contributed by atoms with Gasteiger partial charge in [0.05, 0.1) is 18.0 Å². The predicted molar refractivity (Wildman–Crippen MR) is 101 cm³/mol. The number of aryl methyl sites for hydroxylation is 1. The molecule has 0 aliphatic carbocycles. The lowest BCUT2D eigenvalue weighted by molar-refractivity contribution is 0.0981. The summed E-state index contributed by atoms with van der Waals surface area (Å²) in [6, 6.07) is 11.7. The van der Waals surface area contributed by atoms with E-state index in [0.717, 1.165) is 35.6 Å². The first-order valence-electron chi connectivity index (χ1n) is 8.66. The van der Waals surface area contributed by atoms with Crippen LogP contribution in [0, 0.1) is 6.92 Å². The summed E-state index contributed by atoms with van der Waals surface area (Å²) in [6.45, 7) is 5.37. The monoisotopic (exact) mass is 357 g/mol. The van der Waals surface area contributed by atoms with Gasteiger partial charge in [0.1, 0.15) is 11.9 Å². The average molecular weight is 357 g/mol. The molecule has 1 aliphatic rings. The molecule has 1 atom stereocenters. The van der Waals surface area contributed by atoms with Crippen LogP contribution in [0.2, 0.25) is 0 Å². The Morgan fingerprint density at radius 2 is 2.04 bits per heavy atom. The number of aliphatic imine (C=N–C) groups is 1. The molecule has 25 heavy (non-hydrogen) atoms. The summed E-state index contributed by atoms with van der Waals surface area (Å²) >= 11 is 1.57. The molecule has 0 saturated heterocycles. The molecule has 2 heterocycles. The molecule has 0 spiro atoms. The molecule has 0 N–H and O–H groups in total. The maximum Gasteiger partial charge on any atom is 0.216 e. The molecule has 0 amide bonds. The number of rotatable bonds is 8. The van der Waals surface area contributed by atoms with E-state index in [9.17, 15) is 4.79 Å². The summed E-state index contributed by atoms with van der Waals surface area (Å²) in [4.78, 5) is 18.4. The van der Waals surface area contributed by atoms with E-state index in [1.54, 1.807) is 11.3 Å². The van der Waals surface area contributed by atoms with Gasteiger partial charge in [-0.3, -0.25) is 4.79 Å². The third-order valence-electron chi connectivity index (χ3n) is 3.99. The SMILES string of the molecule is Cc1ccc(C(=O)CCCCOc2ccc(C3=NCC(C)O3)cc2)s1. The number of unbranched alkanes of at least 4 members (excludes halogenated alkanes) is 1. The van der Waals surface area contributed by atoms with Gasteiger partial charge >= 0.3 is 0 Å². The number of ketones is 1. The highest BCUT2D eigenvalue weighted by Gasteiger charge is 2.16. The van der Waals surface area contributed by atoms with Gasteiger partial charge in [-0.05, 0) is 63.1 Å². The van der Waals surface area contributed by atoms with Crippen LogP contribution in [0.5, 0.6) is 5.75 Å². The second-order valence-electron chi connectivity index (χ2n) is 6.24. The maximum atomic E-state index is 12.0. The van der Waals surface area contributed by atoms with Gasteiger partial charge in [0.2, 0.25) is 5.90 Å². The van der Waals surface area contributed by atoms with Crippen molar-refractivity contribution in [1.82, 2.24) is 0 Å². The fourth-order valence-corrected chi connectivity index (χ4v) is 3.45. The van der Waals surface area contributed by atoms with Crippen LogP contribution in [-0.2, 0) is 4.74 Å². The van der Waals surface area contributed by atoms with E-state index in [0.29, 0.717) is 18.9 Å². The minimum atomic E-state index is 0.159. The number of benzene rings is 1. The molecular weight excluding hydrogens is 334 g/mol. The van der Waals surface area contributed by atoms with Crippen molar-refractivity contribution in [1.29, 1.82) is 0 Å². The van der Waals surface area contributed by atoms with E-state index in [-0.39, 0.29) is 11.9 Å². The van der Waals surface area contributed by atoms with Crippen molar-refractivity contribution < 1.29 is 14.3 Å². The molecular formula is C20H23NO3S. The number of Topliss-reactive ketones (excluding diaryl/α,β-unsaturated/α-hetero) is 1. The first-order valence-corrected chi connectivity index (χ1v) is 9.47. The number of carbonyl (C=O) groups is 1. The topological polar surface area (TPSA) is 47.9 Å². The lowest BCUT2D eigenvalue weighted by atomic mass is 10.1. The van der Waals surface area contributed by atoms with Crippen LogP contribution in [0.3, 0.4) is 0 Å². The van der Waals surface area contributed by atoms with Crippen molar-refractivity contribution in [3.63, 3.8) is 0 Å². The van der Waals surface area contributed by atoms with Crippen molar-refractivity contribution in [3.05, 3.63) is 51.7 Å². The molecule has 1 unspecified atom stereocenters. The van der Waals surface area contributed by atoms with Crippen LogP contribution in [0.1, 0.15) is 46.3 Å². The maximum absolute atomic E-state index is 12.0. The van der Waals surface area contributed by atoms with Crippen LogP contribution in [0.4, 0.5) is 0 Å². The van der Waals surface area contributed by atoms with Gasteiger partial charge in [0, 0.05) is 16.9 Å². The summed E-state index contributed by atoms with van der Waals surface area (Å²) < 4.78 is 11.4. The van der Waals surface area contributed by atoms with Crippen molar-refractivity contribution in [2.24, 2.45) is 4.99 Å². The second kappa shape index (κ2) is 8.30. The minimum absolute atomic E-state index is 0.159. The molecule has 4 nitrogen and oxygen atoms in total. The molecule has 1 aromatic heterocycles. The number of carbonyl (C=O) groups excluding carboxylic acids is 1. The Morgan fingerprint density at radius 1 is 1.24 bits per heavy atom. The predicted octanol–water partition coefficient (Wildman–Crippen LogP) is 4.65. The van der Waals surface area contributed by atoms with E-state index in [2.05, 4.69) is 4.99 Å². The Balaban J connectivity index is 1.37. The fourth-order valence-electron chi connectivity index (χ4n) is 2.61. The standard InChI is InChI=1S/C20H23NO3S/c1-14-13-21-20(24-14)16-7-9-17(10-8-16)23-12-4-3-5-18(22)19-11-6-15(2)25-19/h6-11,14H,3-5,12-13H2,1-2H3. The Hall–Kier alpha value is -2.14. The van der Waals surface area contributed by atoms with Crippen LogP contribution < -0.4 is 4.74 Å². The van der Waals surface area contributed by atoms with Gasteiger partial charge < -0.3 is 9.47 Å². The van der Waals surface area contributed by atoms with Crippen LogP contribution in [0.15, 0.2) is 41.4 Å². The highest BCUT2D eigenvalue weighted by molar-refractivity contribution is 7.14. The fraction of sp³-hybridized carbons (Fsp3) is 0.400. The van der Waals surface area contributed by atoms with Crippen LogP contribution in [0.25, 0.3) is 0 Å². The molecule has 5 heteroatoms. The summed E-state index contributed by atoms with van der Waals surface area (Å²) in [5.74, 6) is 1.77. The van der Waals surface area contributed by atoms with Crippen LogP contribution >= 0.6 is 11.3 Å². The first kappa shape index (κ1) is 17.7. The number of hydrogen-bond acceptors (Lipinski definition) is 5. The quantitative estimate of drug-likeness (QED) is 0.510. The lowest BCUT2D eigenvalue weighted by Crippen LogP contribution is -2.08. The van der Waals surface area contributed by atoms with E-state index in [4.69, 9.17) is 9.47 Å². The van der Waals surface area contributed by atoms with Crippen molar-refractivity contribution in [2.45, 2.75) is 39.2 Å². The number of hydrogen-bond donors (Lipinski definition) is 0. The summed E-state index contributed by atoms with van der Waals surface area (Å²) in [6.07, 6.45) is 2.45. The van der Waals surface area contributed by atoms with Gasteiger partial charge in [0.25, 0.3) is 0 Å². The molecule has 3 rings (SSSR count). The summed E-state index contributed by atoms with van der Waals surface area (Å²) in [7, 11) is 0. The highest BCUT2D eigenvalue weighted by Crippen LogP contribution is 2.19. The molecule has 132 valence electrons. The van der Waals surface area contributed by atoms with E-state index < -0.39 is 0 Å². The van der Waals surface area contributed by atoms with Gasteiger partial charge in [0.15, 0.2) is 5.78 Å². The normalized spacial score (nSPS) is 16.4. The number of thiophene rings is 1. The Bertz CT molecular complexity index is 749. The van der Waals surface area contributed by atoms with Crippen LogP contribution in [-0.4, -0.2) is 30.9 Å². The third kappa shape index (κ3) is 4.92. The minimum Gasteiger partial charge on any atom is -0.494 e. The molecule has 0 radical (unpaired) electrons. The number of ether oxygens (including phenoxy) is 2.